The van der Waals surface area contributed by atoms with Crippen LogP contribution >= 0.6 is 0 Å². The van der Waals surface area contributed by atoms with Gasteiger partial charge in [-0.2, -0.15) is 0 Å². The molecule has 0 aliphatic rings. The molecule has 4 heteroatoms. The number of hydrogen-bond donors (Lipinski definition) is 1. The summed E-state index contributed by atoms with van der Waals surface area (Å²) in [6, 6.07) is 2.70. The number of ether oxygens (including phenoxy) is 2. The lowest BCUT2D eigenvalue weighted by molar-refractivity contribution is 0.187. The molecule has 0 bridgehead atoms. The van der Waals surface area contributed by atoms with E-state index in [2.05, 4.69) is 0 Å². The highest BCUT2D eigenvalue weighted by molar-refractivity contribution is 5.47. The average molecular weight is 200 g/mol. The van der Waals surface area contributed by atoms with Crippen LogP contribution in [0.2, 0.25) is 0 Å². The molecule has 0 aliphatic heterocycles. The fourth-order valence-electron chi connectivity index (χ4n) is 1.34. The lowest BCUT2D eigenvalue weighted by Crippen LogP contribution is -2.02. The van der Waals surface area contributed by atoms with E-state index in [4.69, 9.17) is 9.47 Å². The molecule has 14 heavy (non-hydrogen) atoms. The first-order chi connectivity index (χ1) is 6.61. The maximum Gasteiger partial charge on any atom is 0.165 e. The minimum Gasteiger partial charge on any atom is -0.496 e. The van der Waals surface area contributed by atoms with Crippen molar-refractivity contribution in [3.05, 3.63) is 23.5 Å². The van der Waals surface area contributed by atoms with Crippen LogP contribution in [0.5, 0.6) is 11.5 Å². The Kier molecular flexibility index (Phi) is 3.30. The van der Waals surface area contributed by atoms with Crippen LogP contribution in [-0.4, -0.2) is 19.3 Å². The van der Waals surface area contributed by atoms with Crippen molar-refractivity contribution in [1.29, 1.82) is 0 Å². The van der Waals surface area contributed by atoms with Crippen molar-refractivity contribution in [1.82, 2.24) is 0 Å². The van der Waals surface area contributed by atoms with Gasteiger partial charge in [0.25, 0.3) is 0 Å². The monoisotopic (exact) mass is 200 g/mol. The van der Waals surface area contributed by atoms with Gasteiger partial charge in [-0.05, 0) is 19.1 Å². The van der Waals surface area contributed by atoms with Gasteiger partial charge in [-0.25, -0.2) is 4.39 Å². The molecular formula is C10H13FO3. The van der Waals surface area contributed by atoms with Crippen LogP contribution in [0.1, 0.15) is 18.6 Å². The van der Waals surface area contributed by atoms with Crippen molar-refractivity contribution in [3.8, 4) is 11.5 Å². The van der Waals surface area contributed by atoms with Crippen molar-refractivity contribution < 1.29 is 19.0 Å². The van der Waals surface area contributed by atoms with Crippen molar-refractivity contribution in [2.24, 2.45) is 0 Å². The van der Waals surface area contributed by atoms with Crippen molar-refractivity contribution in [2.45, 2.75) is 13.0 Å². The normalized spacial score (nSPS) is 12.4. The van der Waals surface area contributed by atoms with E-state index in [1.807, 2.05) is 0 Å². The van der Waals surface area contributed by atoms with E-state index in [-0.39, 0.29) is 5.75 Å². The average Bonchev–Trinajstić information content (AvgIpc) is 2.17. The molecule has 78 valence electrons. The molecule has 1 aromatic carbocycles. The summed E-state index contributed by atoms with van der Waals surface area (Å²) in [6.07, 6.45) is -0.837. The van der Waals surface area contributed by atoms with Gasteiger partial charge in [-0.1, -0.05) is 0 Å². The Bertz CT molecular complexity index is 323. The van der Waals surface area contributed by atoms with Gasteiger partial charge < -0.3 is 14.6 Å². The molecule has 1 aromatic rings. The van der Waals surface area contributed by atoms with E-state index in [1.54, 1.807) is 0 Å². The number of benzene rings is 1. The van der Waals surface area contributed by atoms with Crippen molar-refractivity contribution >= 4 is 0 Å². The zero-order valence-corrected chi connectivity index (χ0v) is 8.37. The van der Waals surface area contributed by atoms with Crippen LogP contribution in [0.4, 0.5) is 4.39 Å². The maximum atomic E-state index is 13.2. The van der Waals surface area contributed by atoms with Crippen LogP contribution in [0.25, 0.3) is 0 Å². The third-order valence-corrected chi connectivity index (χ3v) is 1.95. The van der Waals surface area contributed by atoms with Crippen LogP contribution in [0.15, 0.2) is 12.1 Å². The molecule has 0 aliphatic carbocycles. The van der Waals surface area contributed by atoms with E-state index < -0.39 is 11.9 Å². The molecule has 0 fully saturated rings. The van der Waals surface area contributed by atoms with Crippen LogP contribution < -0.4 is 9.47 Å². The fraction of sp³-hybridized carbons (Fsp3) is 0.400. The van der Waals surface area contributed by atoms with E-state index in [9.17, 15) is 9.50 Å². The van der Waals surface area contributed by atoms with E-state index in [0.29, 0.717) is 11.3 Å². The minimum absolute atomic E-state index is 0.0272. The Labute approximate surface area is 82.1 Å². The molecule has 1 rings (SSSR count). The fourth-order valence-corrected chi connectivity index (χ4v) is 1.34. The largest absolute Gasteiger partial charge is 0.496 e. The molecule has 3 nitrogen and oxygen atoms in total. The molecule has 1 unspecified atom stereocenters. The zero-order valence-electron chi connectivity index (χ0n) is 8.37. The molecule has 0 spiro atoms. The van der Waals surface area contributed by atoms with Crippen molar-refractivity contribution in [3.63, 3.8) is 0 Å². The first kappa shape index (κ1) is 10.8. The third-order valence-electron chi connectivity index (χ3n) is 1.95. The quantitative estimate of drug-likeness (QED) is 0.809. The molecule has 0 radical (unpaired) electrons. The van der Waals surface area contributed by atoms with Crippen molar-refractivity contribution in [2.75, 3.05) is 14.2 Å². The molecule has 0 saturated heterocycles. The summed E-state index contributed by atoms with van der Waals surface area (Å²) in [5.74, 6) is -0.0678. The summed E-state index contributed by atoms with van der Waals surface area (Å²) in [4.78, 5) is 0. The Morgan fingerprint density at radius 2 is 1.93 bits per heavy atom. The zero-order chi connectivity index (χ0) is 10.7. The predicted octanol–water partition coefficient (Wildman–Crippen LogP) is 1.90. The van der Waals surface area contributed by atoms with Crippen LogP contribution in [0, 0.1) is 5.82 Å². The molecule has 0 amide bonds. The van der Waals surface area contributed by atoms with Gasteiger partial charge in [0.05, 0.1) is 25.9 Å². The van der Waals surface area contributed by atoms with Gasteiger partial charge in [-0.15, -0.1) is 0 Å². The summed E-state index contributed by atoms with van der Waals surface area (Å²) < 4.78 is 23.1. The Balaban J connectivity index is 3.36. The van der Waals surface area contributed by atoms with E-state index in [0.717, 1.165) is 0 Å². The SMILES string of the molecule is COc1ccc(F)c(OC)c1C(C)O. The highest BCUT2D eigenvalue weighted by Gasteiger charge is 2.18. The summed E-state index contributed by atoms with van der Waals surface area (Å²) in [5.41, 5.74) is 0.329. The summed E-state index contributed by atoms with van der Waals surface area (Å²) in [5, 5.41) is 9.45. The molecule has 1 atom stereocenters. The van der Waals surface area contributed by atoms with Gasteiger partial charge in [0.1, 0.15) is 5.75 Å². The Hall–Kier alpha value is -1.29. The molecule has 0 aromatic heterocycles. The number of rotatable bonds is 3. The summed E-state index contributed by atoms with van der Waals surface area (Å²) >= 11 is 0. The first-order valence-electron chi connectivity index (χ1n) is 4.20. The van der Waals surface area contributed by atoms with Gasteiger partial charge in [0.2, 0.25) is 0 Å². The highest BCUT2D eigenvalue weighted by Crippen LogP contribution is 2.35. The minimum atomic E-state index is -0.837. The maximum absolute atomic E-state index is 13.2. The second-order valence-electron chi connectivity index (χ2n) is 2.87. The third kappa shape index (κ3) is 1.80. The van der Waals surface area contributed by atoms with Gasteiger partial charge >= 0.3 is 0 Å². The second kappa shape index (κ2) is 4.28. The number of hydrogen-bond acceptors (Lipinski definition) is 3. The lowest BCUT2D eigenvalue weighted by atomic mass is 10.1. The predicted molar refractivity (Wildman–Crippen MR) is 50.1 cm³/mol. The first-order valence-corrected chi connectivity index (χ1v) is 4.20. The smallest absolute Gasteiger partial charge is 0.165 e. The number of aliphatic hydroxyl groups excluding tert-OH is 1. The van der Waals surface area contributed by atoms with Crippen LogP contribution in [0.3, 0.4) is 0 Å². The number of aliphatic hydroxyl groups is 1. The lowest BCUT2D eigenvalue weighted by Gasteiger charge is -2.15. The highest BCUT2D eigenvalue weighted by atomic mass is 19.1. The Morgan fingerprint density at radius 3 is 2.36 bits per heavy atom. The van der Waals surface area contributed by atoms with Gasteiger partial charge in [0.15, 0.2) is 11.6 Å². The topological polar surface area (TPSA) is 38.7 Å². The van der Waals surface area contributed by atoms with Gasteiger partial charge in [0, 0.05) is 0 Å². The molecule has 1 N–H and O–H groups in total. The number of methoxy groups -OCH3 is 2. The Morgan fingerprint density at radius 1 is 1.29 bits per heavy atom. The standard InChI is InChI=1S/C10H13FO3/c1-6(12)9-8(13-2)5-4-7(11)10(9)14-3/h4-6,12H,1-3H3. The summed E-state index contributed by atoms with van der Waals surface area (Å²) in [7, 11) is 2.81. The van der Waals surface area contributed by atoms with E-state index >= 15 is 0 Å². The van der Waals surface area contributed by atoms with E-state index in [1.165, 1.54) is 33.3 Å². The summed E-state index contributed by atoms with van der Waals surface area (Å²) in [6.45, 7) is 1.53. The molecule has 0 heterocycles. The molecule has 0 saturated carbocycles. The molecular weight excluding hydrogens is 187 g/mol. The number of halogens is 1. The van der Waals surface area contributed by atoms with Gasteiger partial charge in [-0.3, -0.25) is 0 Å². The van der Waals surface area contributed by atoms with Crippen LogP contribution in [-0.2, 0) is 0 Å². The second-order valence-corrected chi connectivity index (χ2v) is 2.87.